The van der Waals surface area contributed by atoms with Gasteiger partial charge >= 0.3 is 0 Å². The second-order valence-electron chi connectivity index (χ2n) is 12.8. The van der Waals surface area contributed by atoms with Gasteiger partial charge in [-0.3, -0.25) is 0 Å². The van der Waals surface area contributed by atoms with Crippen molar-refractivity contribution in [3.63, 3.8) is 0 Å². The van der Waals surface area contributed by atoms with Gasteiger partial charge in [-0.05, 0) is 54.6 Å². The average Bonchev–Trinajstić information content (AvgIpc) is 3.87. The number of aromatic nitrogens is 4. The minimum Gasteiger partial charge on any atom is -0.456 e. The van der Waals surface area contributed by atoms with Crippen molar-refractivity contribution in [1.29, 1.82) is 0 Å². The fourth-order valence-electron chi connectivity index (χ4n) is 7.58. The van der Waals surface area contributed by atoms with E-state index < -0.39 is 0 Å². The molecule has 4 heterocycles. The van der Waals surface area contributed by atoms with Gasteiger partial charge in [-0.2, -0.15) is 0 Å². The Balaban J connectivity index is 1.14. The van der Waals surface area contributed by atoms with Crippen molar-refractivity contribution in [2.75, 3.05) is 0 Å². The second kappa shape index (κ2) is 10.7. The summed E-state index contributed by atoms with van der Waals surface area (Å²) in [7, 11) is 0. The number of rotatable bonds is 4. The van der Waals surface area contributed by atoms with Crippen molar-refractivity contribution >= 4 is 65.7 Å². The summed E-state index contributed by atoms with van der Waals surface area (Å²) in [5.41, 5.74) is 9.25. The van der Waals surface area contributed by atoms with Gasteiger partial charge in [0.25, 0.3) is 0 Å². The first-order valence-corrected chi connectivity index (χ1v) is 16.9. The van der Waals surface area contributed by atoms with E-state index in [1.165, 1.54) is 0 Å². The molecule has 0 unspecified atom stereocenters. The molecule has 0 saturated heterocycles. The van der Waals surface area contributed by atoms with Crippen LogP contribution in [0.4, 0.5) is 0 Å². The van der Waals surface area contributed by atoms with Gasteiger partial charge in [0, 0.05) is 49.3 Å². The summed E-state index contributed by atoms with van der Waals surface area (Å²) in [6.45, 7) is 0. The van der Waals surface area contributed by atoms with Gasteiger partial charge < -0.3 is 13.4 Å². The molecule has 0 aliphatic heterocycles. The Hall–Kier alpha value is -7.05. The lowest BCUT2D eigenvalue weighted by Crippen LogP contribution is -2.00. The summed E-state index contributed by atoms with van der Waals surface area (Å²) in [5, 5.41) is 6.36. The third-order valence-electron chi connectivity index (χ3n) is 9.86. The summed E-state index contributed by atoms with van der Waals surface area (Å²) in [5.74, 6) is 1.74. The molecule has 0 bridgehead atoms. The van der Waals surface area contributed by atoms with Crippen LogP contribution in [0.3, 0.4) is 0 Å². The predicted molar refractivity (Wildman–Crippen MR) is 205 cm³/mol. The van der Waals surface area contributed by atoms with E-state index in [1.807, 2.05) is 66.7 Å². The molecule has 11 rings (SSSR count). The molecule has 0 radical (unpaired) electrons. The third-order valence-corrected chi connectivity index (χ3v) is 9.86. The van der Waals surface area contributed by atoms with E-state index in [0.717, 1.165) is 88.1 Å². The van der Waals surface area contributed by atoms with E-state index in [2.05, 4.69) is 95.6 Å². The maximum absolute atomic E-state index is 6.81. The summed E-state index contributed by atoms with van der Waals surface area (Å²) in [4.78, 5) is 15.2. The SMILES string of the molecule is c1ccc(-c2nc(-c3ccc4c(c3)oc3c4ccc4c3c3ccccc3n4-c3ccccc3)nc(-c3cccc4oc5ccccc5c34)n2)cc1. The molecule has 0 amide bonds. The maximum Gasteiger partial charge on any atom is 0.164 e. The van der Waals surface area contributed by atoms with Crippen molar-refractivity contribution in [2.24, 2.45) is 0 Å². The Bertz CT molecular complexity index is 3140. The van der Waals surface area contributed by atoms with Crippen molar-refractivity contribution in [3.05, 3.63) is 158 Å². The number of hydrogen-bond acceptors (Lipinski definition) is 5. The normalized spacial score (nSPS) is 11.9. The Morgan fingerprint density at radius 1 is 0.392 bits per heavy atom. The van der Waals surface area contributed by atoms with Gasteiger partial charge in [0.2, 0.25) is 0 Å². The highest BCUT2D eigenvalue weighted by molar-refractivity contribution is 6.24. The molecule has 6 nitrogen and oxygen atoms in total. The zero-order valence-electron chi connectivity index (χ0n) is 27.1. The molecule has 238 valence electrons. The molecule has 11 aromatic rings. The van der Waals surface area contributed by atoms with Crippen LogP contribution in [0.2, 0.25) is 0 Å². The largest absolute Gasteiger partial charge is 0.456 e. The molecule has 0 spiro atoms. The summed E-state index contributed by atoms with van der Waals surface area (Å²) in [6, 6.07) is 53.8. The zero-order valence-corrected chi connectivity index (χ0v) is 27.1. The standard InChI is InChI=1S/C45H26N4O2/c1-3-12-27(13-4-1)43-46-44(48-45(47-43)34-18-11-21-38-40(34)33-17-8-10-20-37(33)50-38)28-22-23-30-31-24-25-36-41(42(31)51-39(30)26-28)32-16-7-9-19-35(32)49(36)29-14-5-2-6-15-29/h1-26H. The summed E-state index contributed by atoms with van der Waals surface area (Å²) in [6.07, 6.45) is 0. The highest BCUT2D eigenvalue weighted by Crippen LogP contribution is 2.42. The Labute approximate surface area is 290 Å². The van der Waals surface area contributed by atoms with E-state index in [-0.39, 0.29) is 0 Å². The fourth-order valence-corrected chi connectivity index (χ4v) is 7.58. The van der Waals surface area contributed by atoms with Gasteiger partial charge in [-0.1, -0.05) is 103 Å². The average molecular weight is 655 g/mol. The molecule has 51 heavy (non-hydrogen) atoms. The monoisotopic (exact) mass is 654 g/mol. The van der Waals surface area contributed by atoms with Crippen molar-refractivity contribution in [1.82, 2.24) is 19.5 Å². The number of para-hydroxylation sites is 3. The van der Waals surface area contributed by atoms with Crippen LogP contribution in [0, 0.1) is 0 Å². The van der Waals surface area contributed by atoms with Gasteiger partial charge in [-0.15, -0.1) is 0 Å². The van der Waals surface area contributed by atoms with Crippen LogP contribution in [0.25, 0.3) is 106 Å². The van der Waals surface area contributed by atoms with Crippen LogP contribution < -0.4 is 0 Å². The number of fused-ring (bicyclic) bond motifs is 10. The topological polar surface area (TPSA) is 69.9 Å². The first kappa shape index (κ1) is 27.9. The van der Waals surface area contributed by atoms with Crippen molar-refractivity contribution < 1.29 is 8.83 Å². The number of hydrogen-bond donors (Lipinski definition) is 0. The minimum absolute atomic E-state index is 0.567. The lowest BCUT2D eigenvalue weighted by atomic mass is 10.0. The molecule has 0 aliphatic rings. The van der Waals surface area contributed by atoms with E-state index in [4.69, 9.17) is 23.8 Å². The molecule has 6 heteroatoms. The van der Waals surface area contributed by atoms with Crippen LogP contribution in [0.5, 0.6) is 0 Å². The summed E-state index contributed by atoms with van der Waals surface area (Å²) >= 11 is 0. The molecular formula is C45H26N4O2. The highest BCUT2D eigenvalue weighted by Gasteiger charge is 2.21. The van der Waals surface area contributed by atoms with Crippen molar-refractivity contribution in [3.8, 4) is 39.9 Å². The van der Waals surface area contributed by atoms with E-state index in [1.54, 1.807) is 0 Å². The van der Waals surface area contributed by atoms with Crippen LogP contribution >= 0.6 is 0 Å². The Morgan fingerprint density at radius 2 is 1.08 bits per heavy atom. The minimum atomic E-state index is 0.567. The highest BCUT2D eigenvalue weighted by atomic mass is 16.3. The van der Waals surface area contributed by atoms with Gasteiger partial charge in [0.15, 0.2) is 17.5 Å². The van der Waals surface area contributed by atoms with Crippen LogP contribution in [-0.4, -0.2) is 19.5 Å². The van der Waals surface area contributed by atoms with Gasteiger partial charge in [0.05, 0.1) is 16.4 Å². The lowest BCUT2D eigenvalue weighted by Gasteiger charge is -2.09. The van der Waals surface area contributed by atoms with E-state index >= 15 is 0 Å². The van der Waals surface area contributed by atoms with Crippen molar-refractivity contribution in [2.45, 2.75) is 0 Å². The maximum atomic E-state index is 6.81. The Kier molecular flexibility index (Phi) is 5.86. The molecule has 7 aromatic carbocycles. The fraction of sp³-hybridized carbons (Fsp3) is 0. The molecule has 4 aromatic heterocycles. The molecule has 0 aliphatic carbocycles. The zero-order chi connectivity index (χ0) is 33.5. The van der Waals surface area contributed by atoms with Crippen LogP contribution in [-0.2, 0) is 0 Å². The molecule has 0 atom stereocenters. The summed E-state index contributed by atoms with van der Waals surface area (Å²) < 4.78 is 15.3. The molecule has 0 fully saturated rings. The predicted octanol–water partition coefficient (Wildman–Crippen LogP) is 11.8. The van der Waals surface area contributed by atoms with E-state index in [9.17, 15) is 0 Å². The molecule has 0 saturated carbocycles. The second-order valence-corrected chi connectivity index (χ2v) is 12.8. The third kappa shape index (κ3) is 4.20. The molecule has 0 N–H and O–H groups in total. The number of nitrogens with zero attached hydrogens (tertiary/aromatic N) is 4. The first-order chi connectivity index (χ1) is 25.3. The lowest BCUT2D eigenvalue weighted by molar-refractivity contribution is 0.669. The van der Waals surface area contributed by atoms with E-state index in [0.29, 0.717) is 17.5 Å². The van der Waals surface area contributed by atoms with Gasteiger partial charge in [-0.25, -0.2) is 15.0 Å². The first-order valence-electron chi connectivity index (χ1n) is 16.9. The van der Waals surface area contributed by atoms with Crippen LogP contribution in [0.15, 0.2) is 167 Å². The Morgan fingerprint density at radius 3 is 1.94 bits per heavy atom. The number of furan rings is 2. The quantitative estimate of drug-likeness (QED) is 0.189. The smallest absolute Gasteiger partial charge is 0.164 e. The molecular weight excluding hydrogens is 629 g/mol. The number of benzene rings is 7. The van der Waals surface area contributed by atoms with Gasteiger partial charge in [0.1, 0.15) is 22.3 Å². The van der Waals surface area contributed by atoms with Crippen LogP contribution in [0.1, 0.15) is 0 Å².